The molecule has 0 aromatic rings. The minimum Gasteiger partial charge on any atom is -0.0654 e. The highest BCUT2D eigenvalue weighted by molar-refractivity contribution is 4.77. The fourth-order valence-corrected chi connectivity index (χ4v) is 2.85. The fraction of sp³-hybridized carbons (Fsp3) is 1.00. The standard InChI is InChI=1S/C17H36/c1-7-10-11-12-13-15(4)14-16(8-2)17(5,6)9-3/h15-16H,7-14H2,1-6H3. The summed E-state index contributed by atoms with van der Waals surface area (Å²) < 4.78 is 0. The van der Waals surface area contributed by atoms with Gasteiger partial charge in [-0.1, -0.05) is 86.5 Å². The maximum absolute atomic E-state index is 2.46. The lowest BCUT2D eigenvalue weighted by Gasteiger charge is -2.34. The molecule has 0 aliphatic carbocycles. The summed E-state index contributed by atoms with van der Waals surface area (Å²) in [6, 6.07) is 0. The van der Waals surface area contributed by atoms with Crippen LogP contribution in [0.4, 0.5) is 0 Å². The fourth-order valence-electron chi connectivity index (χ4n) is 2.85. The van der Waals surface area contributed by atoms with Crippen molar-refractivity contribution in [1.29, 1.82) is 0 Å². The van der Waals surface area contributed by atoms with Crippen LogP contribution in [-0.2, 0) is 0 Å². The molecule has 0 heteroatoms. The third kappa shape index (κ3) is 7.11. The van der Waals surface area contributed by atoms with Crippen molar-refractivity contribution in [1.82, 2.24) is 0 Å². The molecule has 0 aliphatic heterocycles. The van der Waals surface area contributed by atoms with Gasteiger partial charge in [0.1, 0.15) is 0 Å². The zero-order valence-corrected chi connectivity index (χ0v) is 13.3. The zero-order valence-electron chi connectivity index (χ0n) is 13.3. The van der Waals surface area contributed by atoms with E-state index >= 15 is 0 Å². The first-order valence-electron chi connectivity index (χ1n) is 7.97. The van der Waals surface area contributed by atoms with Gasteiger partial charge in [-0.25, -0.2) is 0 Å². The molecule has 0 spiro atoms. The van der Waals surface area contributed by atoms with Gasteiger partial charge in [-0.3, -0.25) is 0 Å². The Labute approximate surface area is 111 Å². The van der Waals surface area contributed by atoms with Crippen LogP contribution in [0.5, 0.6) is 0 Å². The van der Waals surface area contributed by atoms with Gasteiger partial charge in [0.25, 0.3) is 0 Å². The van der Waals surface area contributed by atoms with E-state index in [1.807, 2.05) is 0 Å². The second-order valence-corrected chi connectivity index (χ2v) is 6.64. The molecule has 0 bridgehead atoms. The molecule has 0 saturated heterocycles. The van der Waals surface area contributed by atoms with E-state index in [0.29, 0.717) is 5.41 Å². The molecule has 0 amide bonds. The maximum atomic E-state index is 2.46. The van der Waals surface area contributed by atoms with Gasteiger partial charge >= 0.3 is 0 Å². The second kappa shape index (κ2) is 9.00. The normalized spacial score (nSPS) is 15.9. The van der Waals surface area contributed by atoms with Gasteiger partial charge in [0, 0.05) is 0 Å². The molecule has 0 aromatic heterocycles. The van der Waals surface area contributed by atoms with Crippen molar-refractivity contribution in [2.24, 2.45) is 17.3 Å². The molecule has 0 saturated carbocycles. The van der Waals surface area contributed by atoms with Gasteiger partial charge < -0.3 is 0 Å². The first-order chi connectivity index (χ1) is 7.97. The van der Waals surface area contributed by atoms with Crippen LogP contribution in [0.15, 0.2) is 0 Å². The van der Waals surface area contributed by atoms with Crippen molar-refractivity contribution in [2.75, 3.05) is 0 Å². The highest BCUT2D eigenvalue weighted by Gasteiger charge is 2.27. The lowest BCUT2D eigenvalue weighted by Crippen LogP contribution is -2.24. The van der Waals surface area contributed by atoms with Crippen molar-refractivity contribution in [3.63, 3.8) is 0 Å². The van der Waals surface area contributed by atoms with E-state index in [2.05, 4.69) is 41.5 Å². The van der Waals surface area contributed by atoms with Crippen molar-refractivity contribution >= 4 is 0 Å². The molecule has 0 nitrogen and oxygen atoms in total. The van der Waals surface area contributed by atoms with Crippen LogP contribution >= 0.6 is 0 Å². The minimum atomic E-state index is 0.534. The smallest absolute Gasteiger partial charge is 0.0329 e. The van der Waals surface area contributed by atoms with Gasteiger partial charge in [0.15, 0.2) is 0 Å². The molecule has 104 valence electrons. The first-order valence-corrected chi connectivity index (χ1v) is 7.97. The van der Waals surface area contributed by atoms with Crippen LogP contribution in [0.1, 0.15) is 92.9 Å². The number of hydrogen-bond acceptors (Lipinski definition) is 0. The molecule has 0 fully saturated rings. The summed E-state index contributed by atoms with van der Waals surface area (Å²) >= 11 is 0. The molecule has 17 heavy (non-hydrogen) atoms. The zero-order chi connectivity index (χ0) is 13.3. The van der Waals surface area contributed by atoms with E-state index in [4.69, 9.17) is 0 Å². The summed E-state index contributed by atoms with van der Waals surface area (Å²) in [6.45, 7) is 14.4. The molecule has 0 N–H and O–H groups in total. The van der Waals surface area contributed by atoms with Crippen molar-refractivity contribution < 1.29 is 0 Å². The van der Waals surface area contributed by atoms with Crippen molar-refractivity contribution in [3.05, 3.63) is 0 Å². The molecule has 2 unspecified atom stereocenters. The van der Waals surface area contributed by atoms with E-state index in [1.54, 1.807) is 0 Å². The van der Waals surface area contributed by atoms with Gasteiger partial charge in [-0.2, -0.15) is 0 Å². The first kappa shape index (κ1) is 17.0. The Morgan fingerprint density at radius 3 is 2.06 bits per heavy atom. The van der Waals surface area contributed by atoms with E-state index < -0.39 is 0 Å². The molecule has 0 aromatic carbocycles. The highest BCUT2D eigenvalue weighted by atomic mass is 14.3. The van der Waals surface area contributed by atoms with Gasteiger partial charge in [-0.05, 0) is 23.7 Å². The summed E-state index contributed by atoms with van der Waals surface area (Å²) in [5.74, 6) is 1.83. The Bertz CT molecular complexity index is 169. The van der Waals surface area contributed by atoms with Crippen LogP contribution in [-0.4, -0.2) is 0 Å². The maximum Gasteiger partial charge on any atom is -0.0329 e. The van der Waals surface area contributed by atoms with E-state index in [0.717, 1.165) is 11.8 Å². The third-order valence-corrected chi connectivity index (χ3v) is 4.75. The largest absolute Gasteiger partial charge is 0.0654 e. The van der Waals surface area contributed by atoms with Crippen LogP contribution in [0.25, 0.3) is 0 Å². The minimum absolute atomic E-state index is 0.534. The summed E-state index contributed by atoms with van der Waals surface area (Å²) in [7, 11) is 0. The van der Waals surface area contributed by atoms with Crippen LogP contribution in [0, 0.1) is 17.3 Å². The Balaban J connectivity index is 3.94. The molecule has 0 aliphatic rings. The molecule has 0 heterocycles. The number of unbranched alkanes of at least 4 members (excludes halogenated alkanes) is 3. The molecular weight excluding hydrogens is 204 g/mol. The Morgan fingerprint density at radius 2 is 1.59 bits per heavy atom. The summed E-state index contributed by atoms with van der Waals surface area (Å²) in [6.07, 6.45) is 11.2. The summed E-state index contributed by atoms with van der Waals surface area (Å²) in [5.41, 5.74) is 0.534. The van der Waals surface area contributed by atoms with Crippen LogP contribution < -0.4 is 0 Å². The molecular formula is C17H36. The Hall–Kier alpha value is 0. The average Bonchev–Trinajstić information content (AvgIpc) is 2.31. The van der Waals surface area contributed by atoms with Crippen molar-refractivity contribution in [2.45, 2.75) is 92.9 Å². The number of hydrogen-bond donors (Lipinski definition) is 0. The van der Waals surface area contributed by atoms with Crippen molar-refractivity contribution in [3.8, 4) is 0 Å². The molecule has 0 radical (unpaired) electrons. The SMILES string of the molecule is CCCCCCC(C)CC(CC)C(C)(C)CC. The molecule has 0 rings (SSSR count). The number of rotatable bonds is 10. The average molecular weight is 240 g/mol. The second-order valence-electron chi connectivity index (χ2n) is 6.64. The topological polar surface area (TPSA) is 0 Å². The van der Waals surface area contributed by atoms with E-state index in [1.165, 1.54) is 51.4 Å². The van der Waals surface area contributed by atoms with Crippen LogP contribution in [0.3, 0.4) is 0 Å². The predicted octanol–water partition coefficient (Wildman–Crippen LogP) is 6.45. The molecule has 2 atom stereocenters. The van der Waals surface area contributed by atoms with E-state index in [-0.39, 0.29) is 0 Å². The van der Waals surface area contributed by atoms with Crippen LogP contribution in [0.2, 0.25) is 0 Å². The quantitative estimate of drug-likeness (QED) is 0.385. The van der Waals surface area contributed by atoms with Gasteiger partial charge in [0.05, 0.1) is 0 Å². The Morgan fingerprint density at radius 1 is 0.941 bits per heavy atom. The summed E-state index contributed by atoms with van der Waals surface area (Å²) in [4.78, 5) is 0. The Kier molecular flexibility index (Phi) is 9.00. The summed E-state index contributed by atoms with van der Waals surface area (Å²) in [5, 5.41) is 0. The lowest BCUT2D eigenvalue weighted by molar-refractivity contribution is 0.161. The van der Waals surface area contributed by atoms with E-state index in [9.17, 15) is 0 Å². The lowest BCUT2D eigenvalue weighted by atomic mass is 9.71. The predicted molar refractivity (Wildman–Crippen MR) is 80.4 cm³/mol. The van der Waals surface area contributed by atoms with Gasteiger partial charge in [0.2, 0.25) is 0 Å². The van der Waals surface area contributed by atoms with Gasteiger partial charge in [-0.15, -0.1) is 0 Å². The highest BCUT2D eigenvalue weighted by Crippen LogP contribution is 2.37. The monoisotopic (exact) mass is 240 g/mol. The third-order valence-electron chi connectivity index (χ3n) is 4.75.